The van der Waals surface area contributed by atoms with Gasteiger partial charge in [-0.25, -0.2) is 14.6 Å². The van der Waals surface area contributed by atoms with Gasteiger partial charge in [0.15, 0.2) is 5.78 Å². The predicted molar refractivity (Wildman–Crippen MR) is 238 cm³/mol. The molecule has 13 heteroatoms. The number of carbonyl (C=O) groups is 4. The zero-order valence-electron chi connectivity index (χ0n) is 37.0. The maximum atomic E-state index is 13.9. The summed E-state index contributed by atoms with van der Waals surface area (Å²) in [6, 6.07) is 16.8. The first kappa shape index (κ1) is 45.2. The molecule has 0 radical (unpaired) electrons. The first-order valence-electron chi connectivity index (χ1n) is 21.2. The van der Waals surface area contributed by atoms with E-state index >= 15 is 0 Å². The molecule has 61 heavy (non-hydrogen) atoms. The number of ether oxygens (including phenoxy) is 2. The Labute approximate surface area is 365 Å². The van der Waals surface area contributed by atoms with Gasteiger partial charge in [-0.2, -0.15) is 0 Å². The number of Topliss-reactive ketones (excluding diaryl/α,β-unsaturated/α-hetero) is 1. The van der Waals surface area contributed by atoms with Crippen molar-refractivity contribution in [3.05, 3.63) is 111 Å². The van der Waals surface area contributed by atoms with Crippen molar-refractivity contribution in [2.75, 3.05) is 31.5 Å². The normalized spacial score (nSPS) is 15.6. The van der Waals surface area contributed by atoms with Gasteiger partial charge in [0.2, 0.25) is 0 Å². The van der Waals surface area contributed by atoms with Crippen molar-refractivity contribution in [1.82, 2.24) is 24.7 Å². The second-order valence-corrected chi connectivity index (χ2v) is 18.5. The van der Waals surface area contributed by atoms with E-state index in [1.807, 2.05) is 105 Å². The third kappa shape index (κ3) is 11.3. The van der Waals surface area contributed by atoms with Crippen LogP contribution >= 0.6 is 11.6 Å². The molecule has 6 rings (SSSR count). The number of aromatic nitrogens is 2. The van der Waals surface area contributed by atoms with E-state index in [-0.39, 0.29) is 35.9 Å². The first-order chi connectivity index (χ1) is 28.8. The number of hydrogen-bond acceptors (Lipinski definition) is 9. The van der Waals surface area contributed by atoms with E-state index in [2.05, 4.69) is 15.2 Å². The number of carbonyl (C=O) groups excluding carboxylic acids is 4. The molecule has 3 amide bonds. The summed E-state index contributed by atoms with van der Waals surface area (Å²) in [7, 11) is 0. The van der Waals surface area contributed by atoms with Crippen LogP contribution in [-0.4, -0.2) is 92.0 Å². The van der Waals surface area contributed by atoms with Crippen LogP contribution in [0.25, 0.3) is 11.1 Å². The molecule has 2 aromatic carbocycles. The van der Waals surface area contributed by atoms with Gasteiger partial charge < -0.3 is 24.6 Å². The number of likely N-dealkylation sites (tertiary alicyclic amines) is 1. The van der Waals surface area contributed by atoms with Crippen LogP contribution in [0.15, 0.2) is 60.8 Å². The molecule has 2 aliphatic rings. The molecule has 4 aromatic rings. The summed E-state index contributed by atoms with van der Waals surface area (Å²) in [5.74, 6) is -0.505. The van der Waals surface area contributed by atoms with Crippen LogP contribution in [0.5, 0.6) is 0 Å². The van der Waals surface area contributed by atoms with Crippen LogP contribution in [-0.2, 0) is 35.4 Å². The highest BCUT2D eigenvalue weighted by atomic mass is 35.5. The van der Waals surface area contributed by atoms with E-state index in [1.165, 1.54) is 5.56 Å². The van der Waals surface area contributed by atoms with Gasteiger partial charge in [-0.3, -0.25) is 19.5 Å². The summed E-state index contributed by atoms with van der Waals surface area (Å²) in [4.78, 5) is 67.9. The third-order valence-corrected chi connectivity index (χ3v) is 11.4. The minimum absolute atomic E-state index is 0.0696. The molecule has 1 N–H and O–H groups in total. The Bertz CT molecular complexity index is 2280. The summed E-state index contributed by atoms with van der Waals surface area (Å²) in [5.41, 5.74) is 7.04. The average Bonchev–Trinajstić information content (AvgIpc) is 3.69. The molecule has 0 saturated carbocycles. The minimum Gasteiger partial charge on any atom is -0.444 e. The van der Waals surface area contributed by atoms with E-state index in [0.717, 1.165) is 59.3 Å². The molecule has 2 aliphatic heterocycles. The fourth-order valence-electron chi connectivity index (χ4n) is 7.89. The van der Waals surface area contributed by atoms with Crippen molar-refractivity contribution in [2.45, 2.75) is 118 Å². The Morgan fingerprint density at radius 1 is 0.918 bits per heavy atom. The number of nitrogens with zero attached hydrogens (tertiary/aromatic N) is 5. The molecule has 4 heterocycles. The molecule has 1 atom stereocenters. The van der Waals surface area contributed by atoms with Crippen LogP contribution in [0.3, 0.4) is 0 Å². The van der Waals surface area contributed by atoms with Gasteiger partial charge in [0.05, 0.1) is 17.3 Å². The molecular weight excluding hydrogens is 792 g/mol. The van der Waals surface area contributed by atoms with Crippen LogP contribution in [0, 0.1) is 13.8 Å². The summed E-state index contributed by atoms with van der Waals surface area (Å²) in [6.07, 6.45) is 3.46. The number of ketones is 1. The number of rotatable bonds is 11. The van der Waals surface area contributed by atoms with Crippen molar-refractivity contribution < 1.29 is 28.7 Å². The van der Waals surface area contributed by atoms with Crippen molar-refractivity contribution in [3.8, 4) is 11.1 Å². The SMILES string of the molecule is CCCN(Cc1ccc(C(=O)Nc2cccc(-c3cccc(CC(=O)c4cc(C)c5c(n4)CN(C4CCN(C(=O)OC(C)(C)C)C4)CC5)c3Cl)c2C)nc1)C(=O)OC(C)(C)C. The van der Waals surface area contributed by atoms with Gasteiger partial charge in [-0.05, 0) is 126 Å². The number of aryl methyl sites for hydroxylation is 1. The summed E-state index contributed by atoms with van der Waals surface area (Å²) < 4.78 is 11.2. The monoisotopic (exact) mass is 850 g/mol. The largest absolute Gasteiger partial charge is 0.444 e. The molecule has 0 aliphatic carbocycles. The number of fused-ring (bicyclic) bond motifs is 1. The van der Waals surface area contributed by atoms with E-state index in [4.69, 9.17) is 26.1 Å². The average molecular weight is 851 g/mol. The lowest BCUT2D eigenvalue weighted by atomic mass is 9.94. The van der Waals surface area contributed by atoms with Crippen molar-refractivity contribution in [1.29, 1.82) is 0 Å². The quantitative estimate of drug-likeness (QED) is 0.147. The van der Waals surface area contributed by atoms with Crippen LogP contribution < -0.4 is 5.32 Å². The molecule has 1 saturated heterocycles. The second-order valence-electron chi connectivity index (χ2n) is 18.1. The van der Waals surface area contributed by atoms with E-state index in [1.54, 1.807) is 28.1 Å². The molecule has 1 unspecified atom stereocenters. The highest BCUT2D eigenvalue weighted by molar-refractivity contribution is 6.34. The van der Waals surface area contributed by atoms with E-state index < -0.39 is 17.3 Å². The van der Waals surface area contributed by atoms with Gasteiger partial charge in [-0.1, -0.05) is 54.9 Å². The number of hydrogen-bond donors (Lipinski definition) is 1. The molecule has 324 valence electrons. The first-order valence-corrected chi connectivity index (χ1v) is 21.5. The summed E-state index contributed by atoms with van der Waals surface area (Å²) in [6.45, 7) is 20.7. The lowest BCUT2D eigenvalue weighted by Gasteiger charge is -2.34. The lowest BCUT2D eigenvalue weighted by molar-refractivity contribution is 0.0231. The molecule has 0 bridgehead atoms. The Kier molecular flexibility index (Phi) is 13.9. The molecule has 1 fully saturated rings. The fourth-order valence-corrected chi connectivity index (χ4v) is 8.19. The maximum absolute atomic E-state index is 13.9. The standard InChI is InChI=1S/C48H59ClN6O6/c1-10-21-54(45(58)60-47(4,5)6)27-32-17-18-39(50-26-32)44(57)52-38-16-12-14-36(31(38)3)37-15-11-13-33(43(37)49)25-42(56)40-24-30(2)35-20-23-53(29-41(35)51-40)34-19-22-55(28-34)46(59)61-48(7,8)9/h11-18,24,26,34H,10,19-23,25,27-29H2,1-9H3,(H,52,57). The number of benzene rings is 2. The second kappa shape index (κ2) is 18.7. The highest BCUT2D eigenvalue weighted by Crippen LogP contribution is 2.36. The smallest absolute Gasteiger partial charge is 0.410 e. The minimum atomic E-state index is -0.608. The van der Waals surface area contributed by atoms with Gasteiger partial charge in [0, 0.05) is 62.6 Å². The van der Waals surface area contributed by atoms with Gasteiger partial charge in [0.25, 0.3) is 5.91 Å². The topological polar surface area (TPSA) is 134 Å². The Hall–Kier alpha value is -5.33. The molecule has 2 aromatic heterocycles. The third-order valence-electron chi connectivity index (χ3n) is 10.9. The fraction of sp³-hybridized carbons (Fsp3) is 0.458. The van der Waals surface area contributed by atoms with E-state index in [9.17, 15) is 19.2 Å². The zero-order valence-corrected chi connectivity index (χ0v) is 37.7. The predicted octanol–water partition coefficient (Wildman–Crippen LogP) is 9.61. The number of halogens is 1. The van der Waals surface area contributed by atoms with Crippen molar-refractivity contribution in [3.63, 3.8) is 0 Å². The van der Waals surface area contributed by atoms with Crippen molar-refractivity contribution >= 4 is 41.2 Å². The van der Waals surface area contributed by atoms with Crippen LogP contribution in [0.2, 0.25) is 5.02 Å². The van der Waals surface area contributed by atoms with Crippen LogP contribution in [0.4, 0.5) is 15.3 Å². The number of pyridine rings is 2. The van der Waals surface area contributed by atoms with Gasteiger partial charge >= 0.3 is 12.2 Å². The highest BCUT2D eigenvalue weighted by Gasteiger charge is 2.35. The molecule has 12 nitrogen and oxygen atoms in total. The van der Waals surface area contributed by atoms with Crippen molar-refractivity contribution in [2.24, 2.45) is 0 Å². The van der Waals surface area contributed by atoms with Crippen LogP contribution in [0.1, 0.15) is 116 Å². The Morgan fingerprint density at radius 3 is 2.33 bits per heavy atom. The number of anilines is 1. The number of amides is 3. The summed E-state index contributed by atoms with van der Waals surface area (Å²) in [5, 5.41) is 3.46. The number of nitrogens with one attached hydrogen (secondary N) is 1. The maximum Gasteiger partial charge on any atom is 0.410 e. The zero-order chi connectivity index (χ0) is 44.2. The summed E-state index contributed by atoms with van der Waals surface area (Å²) >= 11 is 7.08. The lowest BCUT2D eigenvalue weighted by Crippen LogP contribution is -2.43. The van der Waals surface area contributed by atoms with Gasteiger partial charge in [0.1, 0.15) is 22.6 Å². The molecular formula is C48H59ClN6O6. The van der Waals surface area contributed by atoms with Gasteiger partial charge in [-0.15, -0.1) is 0 Å². The Morgan fingerprint density at radius 2 is 1.64 bits per heavy atom. The molecule has 0 spiro atoms. The Balaban J connectivity index is 1.12. The van der Waals surface area contributed by atoms with E-state index in [0.29, 0.717) is 54.7 Å².